The fourth-order valence-electron chi connectivity index (χ4n) is 2.82. The lowest BCUT2D eigenvalue weighted by molar-refractivity contribution is -0.117. The van der Waals surface area contributed by atoms with E-state index in [0.29, 0.717) is 23.4 Å². The number of amides is 1. The Bertz CT molecular complexity index is 1290. The number of benzene rings is 2. The van der Waals surface area contributed by atoms with Crippen molar-refractivity contribution < 1.29 is 13.2 Å². The van der Waals surface area contributed by atoms with Crippen LogP contribution in [0.2, 0.25) is 10.0 Å². The normalized spacial score (nSPS) is 11.2. The Kier molecular flexibility index (Phi) is 7.55. The van der Waals surface area contributed by atoms with Crippen molar-refractivity contribution >= 4 is 50.5 Å². The van der Waals surface area contributed by atoms with Crippen molar-refractivity contribution in [3.63, 3.8) is 0 Å². The minimum atomic E-state index is -3.61. The summed E-state index contributed by atoms with van der Waals surface area (Å²) in [5, 5.41) is 6.17. The molecule has 0 radical (unpaired) electrons. The Morgan fingerprint density at radius 3 is 2.56 bits per heavy atom. The first-order valence-electron chi connectivity index (χ1n) is 9.50. The molecular weight excluding hydrogens is 475 g/mol. The van der Waals surface area contributed by atoms with Gasteiger partial charge in [-0.25, -0.2) is 13.1 Å². The minimum absolute atomic E-state index is 0.00366. The molecule has 2 aromatic carbocycles. The fraction of sp³-hybridized carbons (Fsp3) is 0.190. The van der Waals surface area contributed by atoms with E-state index < -0.39 is 21.5 Å². The summed E-state index contributed by atoms with van der Waals surface area (Å²) in [6.45, 7) is 1.36. The number of nitrogens with one attached hydrogen (secondary N) is 2. The first-order valence-corrected chi connectivity index (χ1v) is 11.9. The van der Waals surface area contributed by atoms with Crippen LogP contribution in [0.15, 0.2) is 59.5 Å². The Morgan fingerprint density at radius 1 is 1.12 bits per heavy atom. The summed E-state index contributed by atoms with van der Waals surface area (Å²) < 4.78 is 28.5. The van der Waals surface area contributed by atoms with E-state index in [-0.39, 0.29) is 22.3 Å². The number of hydrogen-bond donors (Lipinski definition) is 2. The molecule has 0 saturated heterocycles. The molecule has 1 amide bonds. The van der Waals surface area contributed by atoms with E-state index in [1.54, 1.807) is 19.1 Å². The quantitative estimate of drug-likeness (QED) is 0.497. The molecule has 2 N–H and O–H groups in total. The van der Waals surface area contributed by atoms with Crippen LogP contribution in [0.4, 0.5) is 11.4 Å². The molecule has 168 valence electrons. The van der Waals surface area contributed by atoms with Crippen molar-refractivity contribution in [1.82, 2.24) is 9.78 Å². The second-order valence-electron chi connectivity index (χ2n) is 7.00. The van der Waals surface area contributed by atoms with Crippen LogP contribution in [0.1, 0.15) is 11.1 Å². The molecule has 1 heterocycles. The first kappa shape index (κ1) is 23.8. The lowest BCUT2D eigenvalue weighted by Crippen LogP contribution is -2.29. The van der Waals surface area contributed by atoms with Crippen molar-refractivity contribution in [2.45, 2.75) is 19.9 Å². The van der Waals surface area contributed by atoms with Gasteiger partial charge < -0.3 is 5.32 Å². The minimum Gasteiger partial charge on any atom is -0.324 e. The van der Waals surface area contributed by atoms with Gasteiger partial charge in [-0.3, -0.25) is 14.3 Å². The van der Waals surface area contributed by atoms with Crippen LogP contribution in [-0.2, 0) is 27.8 Å². The monoisotopic (exact) mass is 494 g/mol. The van der Waals surface area contributed by atoms with Gasteiger partial charge in [-0.05, 0) is 36.6 Å². The van der Waals surface area contributed by atoms with E-state index in [4.69, 9.17) is 23.2 Å². The van der Waals surface area contributed by atoms with E-state index in [1.165, 1.54) is 12.3 Å². The van der Waals surface area contributed by atoms with E-state index >= 15 is 0 Å². The average Bonchev–Trinajstić information content (AvgIpc) is 2.76. The van der Waals surface area contributed by atoms with Gasteiger partial charge in [0, 0.05) is 5.69 Å². The van der Waals surface area contributed by atoms with Crippen molar-refractivity contribution in [3.8, 4) is 0 Å². The van der Waals surface area contributed by atoms with Crippen LogP contribution >= 0.6 is 23.2 Å². The SMILES string of the molecule is Cc1ccc(NC(=O)Cn2ncc(Cl)c(Cl)c2=O)cc1NS(=O)(=O)CCc1ccccc1. The number of sulfonamides is 1. The Labute approximate surface area is 195 Å². The number of aromatic nitrogens is 2. The smallest absolute Gasteiger partial charge is 0.287 e. The maximum absolute atomic E-state index is 12.5. The van der Waals surface area contributed by atoms with Crippen molar-refractivity contribution in [2.24, 2.45) is 0 Å². The van der Waals surface area contributed by atoms with Gasteiger partial charge >= 0.3 is 0 Å². The zero-order valence-electron chi connectivity index (χ0n) is 17.0. The van der Waals surface area contributed by atoms with Gasteiger partial charge in [-0.15, -0.1) is 0 Å². The number of carbonyl (C=O) groups is 1. The molecule has 8 nitrogen and oxygen atoms in total. The second-order valence-corrected chi connectivity index (χ2v) is 9.63. The third-order valence-corrected chi connectivity index (χ3v) is 6.55. The van der Waals surface area contributed by atoms with Crippen molar-refractivity contribution in [3.05, 3.63) is 86.3 Å². The Morgan fingerprint density at radius 2 is 1.84 bits per heavy atom. The number of rotatable bonds is 8. The van der Waals surface area contributed by atoms with Crippen LogP contribution < -0.4 is 15.6 Å². The molecule has 11 heteroatoms. The topological polar surface area (TPSA) is 110 Å². The van der Waals surface area contributed by atoms with Crippen LogP contribution in [-0.4, -0.2) is 29.9 Å². The largest absolute Gasteiger partial charge is 0.324 e. The van der Waals surface area contributed by atoms with Crippen molar-refractivity contribution in [2.75, 3.05) is 15.8 Å². The second kappa shape index (κ2) is 10.2. The standard InChI is InChI=1S/C21H20Cl2N4O4S/c1-14-7-8-16(25-19(28)13-27-21(29)20(23)17(22)12-24-27)11-18(14)26-32(30,31)10-9-15-5-3-2-4-6-15/h2-8,11-12,26H,9-10,13H2,1H3,(H,25,28). The van der Waals surface area contributed by atoms with Crippen LogP contribution in [0.25, 0.3) is 0 Å². The maximum Gasteiger partial charge on any atom is 0.287 e. The molecular formula is C21H20Cl2N4O4S. The van der Waals surface area contributed by atoms with Gasteiger partial charge in [0.25, 0.3) is 5.56 Å². The zero-order valence-corrected chi connectivity index (χ0v) is 19.3. The summed E-state index contributed by atoms with van der Waals surface area (Å²) >= 11 is 11.5. The van der Waals surface area contributed by atoms with Gasteiger partial charge in [0.1, 0.15) is 11.6 Å². The molecule has 0 unspecified atom stereocenters. The molecule has 3 aromatic rings. The highest BCUT2D eigenvalue weighted by atomic mass is 35.5. The first-order chi connectivity index (χ1) is 15.1. The molecule has 0 bridgehead atoms. The Balaban J connectivity index is 1.68. The van der Waals surface area contributed by atoms with E-state index in [9.17, 15) is 18.0 Å². The van der Waals surface area contributed by atoms with Gasteiger partial charge in [0.05, 0.1) is 22.7 Å². The number of anilines is 2. The van der Waals surface area contributed by atoms with Crippen LogP contribution in [0, 0.1) is 6.92 Å². The summed E-state index contributed by atoms with van der Waals surface area (Å²) in [5.41, 5.74) is 1.62. The fourth-order valence-corrected chi connectivity index (χ4v) is 4.25. The molecule has 0 aliphatic carbocycles. The van der Waals surface area contributed by atoms with E-state index in [2.05, 4.69) is 15.1 Å². The van der Waals surface area contributed by atoms with Crippen LogP contribution in [0.5, 0.6) is 0 Å². The lowest BCUT2D eigenvalue weighted by atomic mass is 10.2. The molecule has 32 heavy (non-hydrogen) atoms. The van der Waals surface area contributed by atoms with Gasteiger partial charge in [-0.1, -0.05) is 59.6 Å². The highest BCUT2D eigenvalue weighted by Gasteiger charge is 2.15. The van der Waals surface area contributed by atoms with Gasteiger partial charge in [-0.2, -0.15) is 5.10 Å². The molecule has 0 aliphatic rings. The molecule has 0 fully saturated rings. The number of hydrogen-bond acceptors (Lipinski definition) is 5. The average molecular weight is 495 g/mol. The number of nitrogens with zero attached hydrogens (tertiary/aromatic N) is 2. The zero-order chi connectivity index (χ0) is 23.3. The predicted octanol–water partition coefficient (Wildman–Crippen LogP) is 3.48. The number of halogens is 2. The molecule has 3 rings (SSSR count). The third-order valence-electron chi connectivity index (χ3n) is 4.52. The predicted molar refractivity (Wildman–Crippen MR) is 126 cm³/mol. The summed E-state index contributed by atoms with van der Waals surface area (Å²) in [5.74, 6) is -0.626. The molecule has 0 saturated carbocycles. The lowest BCUT2D eigenvalue weighted by Gasteiger charge is -2.13. The molecule has 0 spiro atoms. The van der Waals surface area contributed by atoms with Gasteiger partial charge in [0.2, 0.25) is 15.9 Å². The van der Waals surface area contributed by atoms with Crippen molar-refractivity contribution in [1.29, 1.82) is 0 Å². The summed E-state index contributed by atoms with van der Waals surface area (Å²) in [7, 11) is -3.61. The molecule has 1 aromatic heterocycles. The van der Waals surface area contributed by atoms with E-state index in [1.807, 2.05) is 30.3 Å². The summed E-state index contributed by atoms with van der Waals surface area (Å²) in [4.78, 5) is 24.4. The molecule has 0 aliphatic heterocycles. The van der Waals surface area contributed by atoms with Crippen LogP contribution in [0.3, 0.4) is 0 Å². The highest BCUT2D eigenvalue weighted by Crippen LogP contribution is 2.22. The molecule has 0 atom stereocenters. The highest BCUT2D eigenvalue weighted by molar-refractivity contribution is 7.92. The number of aryl methyl sites for hydroxylation is 2. The third kappa shape index (κ3) is 6.32. The Hall–Kier alpha value is -2.88. The summed E-state index contributed by atoms with van der Waals surface area (Å²) in [6, 6.07) is 14.1. The van der Waals surface area contributed by atoms with Gasteiger partial charge in [0.15, 0.2) is 0 Å². The maximum atomic E-state index is 12.5. The summed E-state index contributed by atoms with van der Waals surface area (Å²) in [6.07, 6.45) is 1.55. The van der Waals surface area contributed by atoms with E-state index in [0.717, 1.165) is 10.2 Å². The number of carbonyl (C=O) groups excluding carboxylic acids is 1.